The van der Waals surface area contributed by atoms with Crippen molar-refractivity contribution in [2.75, 3.05) is 47.9 Å². The number of aromatic nitrogens is 2. The summed E-state index contributed by atoms with van der Waals surface area (Å²) in [5.74, 6) is -3.47. The van der Waals surface area contributed by atoms with E-state index in [1.807, 2.05) is 112 Å². The molecule has 1 aromatic heterocycles. The number of benzene rings is 2. The second-order valence-corrected chi connectivity index (χ2v) is 22.3. The van der Waals surface area contributed by atoms with Crippen LogP contribution >= 0.6 is 0 Å². The van der Waals surface area contributed by atoms with Crippen LogP contribution in [0.3, 0.4) is 0 Å². The largest absolute Gasteiger partial charge is 0.418 e. The monoisotopic (exact) mass is 1120 g/mol. The molecule has 21 nitrogen and oxygen atoms in total. The number of ether oxygens (including phenoxy) is 2. The molecule has 4 N–H and O–H groups in total. The molecule has 8 amide bonds. The van der Waals surface area contributed by atoms with E-state index in [2.05, 4.69) is 38.6 Å². The average molecular weight is 1130 g/mol. The molecule has 81 heavy (non-hydrogen) atoms. The summed E-state index contributed by atoms with van der Waals surface area (Å²) in [5.41, 5.74) is 6.58. The number of unbranched alkanes of at least 4 members (excludes halogenated alkanes) is 2. The van der Waals surface area contributed by atoms with Crippen LogP contribution in [0.15, 0.2) is 77.2 Å². The molecule has 0 saturated carbocycles. The topological polar surface area (TPSA) is 255 Å². The number of hydrazine groups is 1. The fraction of sp³-hybridized carbons (Fsp3) is 0.600. The average Bonchev–Trinajstić information content (AvgIpc) is 4.26. The van der Waals surface area contributed by atoms with E-state index in [9.17, 15) is 38.4 Å². The first-order valence-corrected chi connectivity index (χ1v) is 28.7. The van der Waals surface area contributed by atoms with Crippen molar-refractivity contribution < 1.29 is 52.2 Å². The van der Waals surface area contributed by atoms with Crippen molar-refractivity contribution in [1.82, 2.24) is 51.3 Å². The van der Waals surface area contributed by atoms with Crippen LogP contribution in [0.2, 0.25) is 0 Å². The number of methoxy groups -OCH3 is 2. The fourth-order valence-electron chi connectivity index (χ4n) is 11.3. The number of amides is 8. The van der Waals surface area contributed by atoms with Crippen LogP contribution in [0, 0.1) is 23.7 Å². The highest BCUT2D eigenvalue weighted by Gasteiger charge is 2.44. The Hall–Kier alpha value is -6.68. The number of nitrogens with zero attached hydrogens (tertiary/aromatic N) is 6. The summed E-state index contributed by atoms with van der Waals surface area (Å²) in [5, 5.41) is 14.5. The predicted octanol–water partition coefficient (Wildman–Crippen LogP) is 5.57. The van der Waals surface area contributed by atoms with Gasteiger partial charge in [-0.15, -0.1) is 10.2 Å². The molecule has 5 rings (SSSR count). The summed E-state index contributed by atoms with van der Waals surface area (Å²) in [6.45, 7) is 14.6. The number of hydrogen-bond acceptors (Lipinski definition) is 15. The number of nitrogens with one attached hydrogen (secondary N) is 4. The molecule has 21 heteroatoms. The minimum absolute atomic E-state index is 0.00744. The van der Waals surface area contributed by atoms with Gasteiger partial charge in [0.2, 0.25) is 47.2 Å². The number of hydrogen-bond donors (Lipinski definition) is 4. The second-order valence-electron chi connectivity index (χ2n) is 22.3. The number of likely N-dealkylation sites (tertiary alicyclic amines) is 1. The number of likely N-dealkylation sites (N-methyl/N-ethyl adjacent to an activating group) is 2. The molecule has 2 aliphatic heterocycles. The summed E-state index contributed by atoms with van der Waals surface area (Å²) in [6, 6.07) is 16.1. The molecular weight excluding hydrogens is 1040 g/mol. The summed E-state index contributed by atoms with van der Waals surface area (Å²) in [4.78, 5) is 113. The van der Waals surface area contributed by atoms with Crippen molar-refractivity contribution >= 4 is 47.3 Å². The van der Waals surface area contributed by atoms with Gasteiger partial charge in [0.15, 0.2) is 0 Å². The van der Waals surface area contributed by atoms with Crippen LogP contribution in [0.5, 0.6) is 0 Å². The summed E-state index contributed by atoms with van der Waals surface area (Å²) in [6.07, 6.45) is 5.87. The number of rotatable bonds is 32. The number of imide groups is 2. The minimum atomic E-state index is -0.791. The number of carbonyl (C=O) groups is 8. The van der Waals surface area contributed by atoms with E-state index in [0.717, 1.165) is 16.0 Å². The lowest BCUT2D eigenvalue weighted by molar-refractivity contribution is -0.144. The van der Waals surface area contributed by atoms with Gasteiger partial charge in [0.25, 0.3) is 11.8 Å². The van der Waals surface area contributed by atoms with Crippen LogP contribution in [0.25, 0.3) is 11.5 Å². The zero-order valence-corrected chi connectivity index (χ0v) is 49.4. The van der Waals surface area contributed by atoms with E-state index >= 15 is 0 Å². The van der Waals surface area contributed by atoms with Crippen LogP contribution < -0.4 is 21.5 Å². The molecule has 9 atom stereocenters. The zero-order valence-electron chi connectivity index (χ0n) is 49.4. The quantitative estimate of drug-likeness (QED) is 0.0339. The van der Waals surface area contributed by atoms with Crippen molar-refractivity contribution in [3.63, 3.8) is 0 Å². The third-order valence-corrected chi connectivity index (χ3v) is 15.7. The smallest absolute Gasteiger partial charge is 0.253 e. The maximum atomic E-state index is 14.7. The lowest BCUT2D eigenvalue weighted by Crippen LogP contribution is -2.60. The van der Waals surface area contributed by atoms with Crippen LogP contribution in [-0.2, 0) is 54.3 Å². The molecule has 0 aliphatic carbocycles. The van der Waals surface area contributed by atoms with Gasteiger partial charge in [0.05, 0.1) is 42.7 Å². The third kappa shape index (κ3) is 18.4. The van der Waals surface area contributed by atoms with Gasteiger partial charge >= 0.3 is 0 Å². The molecule has 0 radical (unpaired) electrons. The highest BCUT2D eigenvalue weighted by molar-refractivity contribution is 6.12. The highest BCUT2D eigenvalue weighted by Crippen LogP contribution is 2.32. The SMILES string of the molecule is CC[C@H](C)[C@@H]([C@@H](CC(=O)N1CCC[C@H]1[C@H](OC)[C@@H](C)C(=O)N[C@H](Cc1ccccc1)c1nnc(-c2ccccc2)o1)OC)N(C)[C@H](C(=O)NC(=O)[C@H](C(C)C)N(C)CCCC(=O)NNC(=O)CCCCCN1C(=O)C=CC1=O)C(C)C. The van der Waals surface area contributed by atoms with E-state index < -0.39 is 66.1 Å². The lowest BCUT2D eigenvalue weighted by Gasteiger charge is -2.43. The molecule has 0 unspecified atom stereocenters. The van der Waals surface area contributed by atoms with Gasteiger partial charge in [-0.3, -0.25) is 69.2 Å². The number of carbonyl (C=O) groups excluding carboxylic acids is 8. The Morgan fingerprint density at radius 2 is 1.36 bits per heavy atom. The first-order chi connectivity index (χ1) is 38.7. The van der Waals surface area contributed by atoms with Crippen molar-refractivity contribution in [2.24, 2.45) is 23.7 Å². The van der Waals surface area contributed by atoms with E-state index in [-0.39, 0.29) is 79.0 Å². The summed E-state index contributed by atoms with van der Waals surface area (Å²) in [7, 11) is 6.73. The van der Waals surface area contributed by atoms with Gasteiger partial charge in [-0.2, -0.15) is 0 Å². The second kappa shape index (κ2) is 32.1. The standard InChI is InChI=1S/C60H88N10O11/c1-12-40(6)54(68(9)53(39(4)5)58(78)62-57(77)52(38(2)3)67(8)33-23-30-48(72)64-63-47(71)29-20-15-21-34-70-49(73)31-32-50(70)74)46(79-10)37-51(75)69-35-22-28-45(69)55(80-11)41(7)56(76)61-44(36-42-24-16-13-17-25-42)60-66-65-59(81-60)43-26-18-14-19-27-43/h13-14,16-19,24-27,31-32,38-41,44-46,52-55H,12,15,20-23,28-30,33-37H2,1-11H3,(H,61,76)(H,63,71)(H,64,72)(H,62,77,78)/t40-,41+,44+,45-,46+,52-,53-,54-,55+/m0/s1. The van der Waals surface area contributed by atoms with Crippen LogP contribution in [0.1, 0.15) is 130 Å². The minimum Gasteiger partial charge on any atom is -0.418 e. The Morgan fingerprint density at radius 1 is 0.753 bits per heavy atom. The molecule has 444 valence electrons. The van der Waals surface area contributed by atoms with E-state index in [1.165, 1.54) is 12.2 Å². The van der Waals surface area contributed by atoms with Gasteiger partial charge in [0, 0.05) is 70.3 Å². The van der Waals surface area contributed by atoms with Crippen molar-refractivity contribution in [1.29, 1.82) is 0 Å². The molecule has 2 aromatic carbocycles. The lowest BCUT2D eigenvalue weighted by atomic mass is 9.87. The van der Waals surface area contributed by atoms with Gasteiger partial charge in [-0.25, -0.2) is 0 Å². The fourth-order valence-corrected chi connectivity index (χ4v) is 11.3. The van der Waals surface area contributed by atoms with Gasteiger partial charge in [-0.05, 0) is 88.2 Å². The first kappa shape index (κ1) is 65.1. The molecule has 3 aromatic rings. The zero-order chi connectivity index (χ0) is 59.3. The molecule has 2 aliphatic rings. The Kier molecular flexibility index (Phi) is 25.8. The first-order valence-electron chi connectivity index (χ1n) is 28.7. The van der Waals surface area contributed by atoms with Gasteiger partial charge in [0.1, 0.15) is 6.04 Å². The van der Waals surface area contributed by atoms with E-state index in [0.29, 0.717) is 70.3 Å². The Labute approximate surface area is 478 Å². The van der Waals surface area contributed by atoms with Crippen molar-refractivity contribution in [3.05, 3.63) is 84.3 Å². The molecule has 1 saturated heterocycles. The molecule has 1 fully saturated rings. The maximum absolute atomic E-state index is 14.7. The third-order valence-electron chi connectivity index (χ3n) is 15.7. The van der Waals surface area contributed by atoms with Crippen molar-refractivity contribution in [3.8, 4) is 11.5 Å². The Morgan fingerprint density at radius 3 is 1.95 bits per heavy atom. The molecule has 0 spiro atoms. The highest BCUT2D eigenvalue weighted by atomic mass is 16.5. The van der Waals surface area contributed by atoms with E-state index in [1.54, 1.807) is 33.1 Å². The normalized spacial score (nSPS) is 17.5. The Balaban J connectivity index is 1.17. The molecule has 0 bridgehead atoms. The van der Waals surface area contributed by atoms with Crippen LogP contribution in [0.4, 0.5) is 0 Å². The van der Waals surface area contributed by atoms with E-state index in [4.69, 9.17) is 13.9 Å². The van der Waals surface area contributed by atoms with Gasteiger partial charge in [-0.1, -0.05) is 110 Å². The maximum Gasteiger partial charge on any atom is 0.253 e. The summed E-state index contributed by atoms with van der Waals surface area (Å²) < 4.78 is 18.5. The predicted molar refractivity (Wildman–Crippen MR) is 305 cm³/mol. The Bertz CT molecular complexity index is 2560. The summed E-state index contributed by atoms with van der Waals surface area (Å²) >= 11 is 0. The molecule has 3 heterocycles. The van der Waals surface area contributed by atoms with Crippen LogP contribution in [-0.4, -0.2) is 161 Å². The van der Waals surface area contributed by atoms with Crippen molar-refractivity contribution in [2.45, 2.75) is 162 Å². The van der Waals surface area contributed by atoms with Gasteiger partial charge < -0.3 is 24.1 Å². The molecular formula is C60H88N10O11.